The van der Waals surface area contributed by atoms with Gasteiger partial charge in [0.25, 0.3) is 5.69 Å². The molecule has 116 valence electrons. The van der Waals surface area contributed by atoms with E-state index >= 15 is 0 Å². The van der Waals surface area contributed by atoms with Crippen LogP contribution in [0.4, 0.5) is 5.69 Å². The van der Waals surface area contributed by atoms with Crippen molar-refractivity contribution in [3.8, 4) is 5.75 Å². The number of carbonyl (C=O) groups is 1. The summed E-state index contributed by atoms with van der Waals surface area (Å²) in [5.41, 5.74) is 2.83. The third-order valence-corrected chi connectivity index (χ3v) is 3.96. The molecule has 0 amide bonds. The van der Waals surface area contributed by atoms with Gasteiger partial charge in [-0.15, -0.1) is 0 Å². The van der Waals surface area contributed by atoms with Crippen LogP contribution in [0.25, 0.3) is 6.08 Å². The lowest BCUT2D eigenvalue weighted by Crippen LogP contribution is -2.14. The van der Waals surface area contributed by atoms with Gasteiger partial charge in [-0.2, -0.15) is 0 Å². The summed E-state index contributed by atoms with van der Waals surface area (Å²) in [4.78, 5) is 23.0. The highest BCUT2D eigenvalue weighted by Crippen LogP contribution is 2.29. The van der Waals surface area contributed by atoms with Gasteiger partial charge in [0, 0.05) is 23.3 Å². The molecule has 23 heavy (non-hydrogen) atoms. The molecule has 5 nitrogen and oxygen atoms in total. The van der Waals surface area contributed by atoms with Gasteiger partial charge in [-0.05, 0) is 42.2 Å². The first-order chi connectivity index (χ1) is 11.1. The molecule has 0 bridgehead atoms. The first-order valence-electron chi connectivity index (χ1n) is 7.25. The molecule has 0 aromatic heterocycles. The molecular weight excluding hydrogens is 294 g/mol. The quantitative estimate of drug-likeness (QED) is 0.491. The zero-order valence-electron chi connectivity index (χ0n) is 12.6. The molecule has 0 unspecified atom stereocenters. The van der Waals surface area contributed by atoms with Gasteiger partial charge in [-0.25, -0.2) is 0 Å². The number of ether oxygens (including phenoxy) is 1. The minimum absolute atomic E-state index is 0.0530. The number of carbonyl (C=O) groups excluding carboxylic acids is 1. The van der Waals surface area contributed by atoms with Gasteiger partial charge >= 0.3 is 0 Å². The number of fused-ring (bicyclic) bond motifs is 1. The molecule has 2 aromatic carbocycles. The fourth-order valence-electron chi connectivity index (χ4n) is 2.70. The van der Waals surface area contributed by atoms with E-state index in [1.54, 1.807) is 13.2 Å². The summed E-state index contributed by atoms with van der Waals surface area (Å²) in [5, 5.41) is 10.9. The number of ketones is 1. The molecule has 0 saturated carbocycles. The fourth-order valence-corrected chi connectivity index (χ4v) is 2.70. The third-order valence-electron chi connectivity index (χ3n) is 3.96. The lowest BCUT2D eigenvalue weighted by atomic mass is 9.86. The van der Waals surface area contributed by atoms with Crippen LogP contribution in [-0.4, -0.2) is 17.8 Å². The van der Waals surface area contributed by atoms with Crippen LogP contribution in [0, 0.1) is 10.1 Å². The first-order valence-corrected chi connectivity index (χ1v) is 7.25. The highest BCUT2D eigenvalue weighted by Gasteiger charge is 2.24. The van der Waals surface area contributed by atoms with Crippen LogP contribution < -0.4 is 4.74 Å². The number of Topliss-reactive ketones (excluding diaryl/α,β-unsaturated/α-hetero) is 1. The molecule has 0 heterocycles. The SMILES string of the molecule is COc1ccc(/C=C2\CCc3ccc([N+](=O)[O-])cc3C2=O)cc1. The second kappa shape index (κ2) is 6.04. The maximum absolute atomic E-state index is 12.6. The molecule has 0 atom stereocenters. The minimum Gasteiger partial charge on any atom is -0.497 e. The van der Waals surface area contributed by atoms with Gasteiger partial charge in [0.2, 0.25) is 0 Å². The molecule has 0 spiro atoms. The summed E-state index contributed by atoms with van der Waals surface area (Å²) in [7, 11) is 1.60. The molecule has 5 heteroatoms. The van der Waals surface area contributed by atoms with Gasteiger partial charge in [-0.3, -0.25) is 14.9 Å². The number of non-ortho nitro benzene ring substituents is 1. The maximum Gasteiger partial charge on any atom is 0.270 e. The fraction of sp³-hybridized carbons (Fsp3) is 0.167. The van der Waals surface area contributed by atoms with Crippen LogP contribution in [0.15, 0.2) is 48.0 Å². The standard InChI is InChI=1S/C18H15NO4/c1-23-16-8-2-12(3-9-16)10-14-5-4-13-6-7-15(19(21)22)11-17(13)18(14)20/h2-3,6-11H,4-5H2,1H3/b14-10+. The number of nitro groups is 1. The molecular formula is C18H15NO4. The molecule has 3 rings (SSSR count). The Morgan fingerprint density at radius 3 is 2.52 bits per heavy atom. The van der Waals surface area contributed by atoms with Crippen LogP contribution in [0.5, 0.6) is 5.75 Å². The zero-order valence-corrected chi connectivity index (χ0v) is 12.6. The monoisotopic (exact) mass is 309 g/mol. The number of benzene rings is 2. The Bertz CT molecular complexity index is 806. The van der Waals surface area contributed by atoms with E-state index in [1.165, 1.54) is 12.1 Å². The van der Waals surface area contributed by atoms with Crippen molar-refractivity contribution < 1.29 is 14.5 Å². The summed E-state index contributed by atoms with van der Waals surface area (Å²) in [5.74, 6) is 0.619. The predicted molar refractivity (Wildman–Crippen MR) is 86.7 cm³/mol. The second-order valence-electron chi connectivity index (χ2n) is 5.37. The van der Waals surface area contributed by atoms with Crippen molar-refractivity contribution in [2.75, 3.05) is 7.11 Å². The molecule has 0 N–H and O–H groups in total. The molecule has 1 aliphatic carbocycles. The molecule has 0 radical (unpaired) electrons. The van der Waals surface area contributed by atoms with E-state index in [0.29, 0.717) is 24.0 Å². The second-order valence-corrected chi connectivity index (χ2v) is 5.37. The lowest BCUT2D eigenvalue weighted by Gasteiger charge is -2.17. The molecule has 0 fully saturated rings. The lowest BCUT2D eigenvalue weighted by molar-refractivity contribution is -0.384. The summed E-state index contributed by atoms with van der Waals surface area (Å²) in [6.07, 6.45) is 3.18. The van der Waals surface area contributed by atoms with Crippen LogP contribution in [0.1, 0.15) is 27.9 Å². The topological polar surface area (TPSA) is 69.4 Å². The third kappa shape index (κ3) is 2.99. The summed E-state index contributed by atoms with van der Waals surface area (Å²) in [6.45, 7) is 0. The Hall–Kier alpha value is -2.95. The highest BCUT2D eigenvalue weighted by molar-refractivity contribution is 6.13. The Morgan fingerprint density at radius 2 is 1.87 bits per heavy atom. The van der Waals surface area contributed by atoms with Crippen molar-refractivity contribution in [2.45, 2.75) is 12.8 Å². The van der Waals surface area contributed by atoms with Crippen LogP contribution in [0.2, 0.25) is 0 Å². The Balaban J connectivity index is 1.94. The first kappa shape index (κ1) is 15.0. The number of methoxy groups -OCH3 is 1. The van der Waals surface area contributed by atoms with Crippen molar-refractivity contribution in [3.63, 3.8) is 0 Å². The number of aryl methyl sites for hydroxylation is 1. The van der Waals surface area contributed by atoms with Crippen molar-refractivity contribution in [3.05, 3.63) is 74.8 Å². The zero-order chi connectivity index (χ0) is 16.4. The van der Waals surface area contributed by atoms with Gasteiger partial charge in [-0.1, -0.05) is 18.2 Å². The predicted octanol–water partition coefficient (Wildman–Crippen LogP) is 3.82. The van der Waals surface area contributed by atoms with Gasteiger partial charge in [0.15, 0.2) is 5.78 Å². The maximum atomic E-state index is 12.6. The molecule has 0 saturated heterocycles. The number of allylic oxidation sites excluding steroid dienone is 1. The molecule has 2 aromatic rings. The van der Waals surface area contributed by atoms with Crippen molar-refractivity contribution in [1.82, 2.24) is 0 Å². The van der Waals surface area contributed by atoms with Crippen LogP contribution >= 0.6 is 0 Å². The number of nitrogens with zero attached hydrogens (tertiary/aromatic N) is 1. The van der Waals surface area contributed by atoms with E-state index in [1.807, 2.05) is 30.3 Å². The van der Waals surface area contributed by atoms with E-state index in [9.17, 15) is 14.9 Å². The van der Waals surface area contributed by atoms with E-state index in [0.717, 1.165) is 16.9 Å². The molecule has 0 aliphatic heterocycles. The summed E-state index contributed by atoms with van der Waals surface area (Å²) < 4.78 is 5.11. The Morgan fingerprint density at radius 1 is 1.13 bits per heavy atom. The highest BCUT2D eigenvalue weighted by atomic mass is 16.6. The van der Waals surface area contributed by atoms with E-state index in [-0.39, 0.29) is 11.5 Å². The minimum atomic E-state index is -0.477. The number of nitro benzene ring substituents is 1. The Kier molecular flexibility index (Phi) is 3.93. The largest absolute Gasteiger partial charge is 0.497 e. The number of hydrogen-bond donors (Lipinski definition) is 0. The van der Waals surface area contributed by atoms with Crippen LogP contribution in [-0.2, 0) is 6.42 Å². The van der Waals surface area contributed by atoms with E-state index < -0.39 is 4.92 Å². The van der Waals surface area contributed by atoms with E-state index in [4.69, 9.17) is 4.74 Å². The average molecular weight is 309 g/mol. The van der Waals surface area contributed by atoms with Crippen molar-refractivity contribution in [1.29, 1.82) is 0 Å². The van der Waals surface area contributed by atoms with Crippen LogP contribution in [0.3, 0.4) is 0 Å². The average Bonchev–Trinajstić information content (AvgIpc) is 2.58. The number of rotatable bonds is 3. The number of hydrogen-bond acceptors (Lipinski definition) is 4. The van der Waals surface area contributed by atoms with Crippen molar-refractivity contribution >= 4 is 17.5 Å². The van der Waals surface area contributed by atoms with Crippen molar-refractivity contribution in [2.24, 2.45) is 0 Å². The van der Waals surface area contributed by atoms with Gasteiger partial charge < -0.3 is 4.74 Å². The summed E-state index contributed by atoms with van der Waals surface area (Å²) >= 11 is 0. The summed E-state index contributed by atoms with van der Waals surface area (Å²) in [6, 6.07) is 11.9. The van der Waals surface area contributed by atoms with E-state index in [2.05, 4.69) is 0 Å². The Labute approximate surface area is 133 Å². The van der Waals surface area contributed by atoms with Gasteiger partial charge in [0.05, 0.1) is 12.0 Å². The normalized spacial score (nSPS) is 15.3. The van der Waals surface area contributed by atoms with Gasteiger partial charge in [0.1, 0.15) is 5.75 Å². The molecule has 1 aliphatic rings. The smallest absolute Gasteiger partial charge is 0.270 e.